The van der Waals surface area contributed by atoms with E-state index < -0.39 is 0 Å². The van der Waals surface area contributed by atoms with E-state index in [1.54, 1.807) is 35.1 Å². The molecule has 0 saturated carbocycles. The molecule has 3 N–H and O–H groups in total. The highest BCUT2D eigenvalue weighted by atomic mass is 35.5. The van der Waals surface area contributed by atoms with Gasteiger partial charge in [0.1, 0.15) is 21.0 Å². The van der Waals surface area contributed by atoms with Crippen molar-refractivity contribution in [1.29, 1.82) is 0 Å². The molecule has 43 heavy (non-hydrogen) atoms. The number of aryl methyl sites for hydroxylation is 2. The Morgan fingerprint density at radius 2 is 1.21 bits per heavy atom. The second kappa shape index (κ2) is 13.4. The molecule has 2 aliphatic rings. The van der Waals surface area contributed by atoms with Gasteiger partial charge in [0, 0.05) is 28.7 Å². The Hall–Kier alpha value is -3.48. The number of fused-ring (bicyclic) bond motifs is 6. The summed E-state index contributed by atoms with van der Waals surface area (Å²) in [5, 5.41) is 4.88. The Labute approximate surface area is 267 Å². The summed E-state index contributed by atoms with van der Waals surface area (Å²) in [4.78, 5) is 52.6. The number of aromatic amines is 2. The van der Waals surface area contributed by atoms with Gasteiger partial charge in [-0.25, -0.2) is 9.97 Å². The molecule has 1 aliphatic heterocycles. The minimum Gasteiger partial charge on any atom is -0.312 e. The maximum absolute atomic E-state index is 12.5. The summed E-state index contributed by atoms with van der Waals surface area (Å²) in [5.41, 5.74) is 3.70. The van der Waals surface area contributed by atoms with Gasteiger partial charge in [-0.2, -0.15) is 0 Å². The van der Waals surface area contributed by atoms with Crippen LogP contribution in [0.5, 0.6) is 0 Å². The van der Waals surface area contributed by atoms with Crippen LogP contribution in [0.4, 0.5) is 0 Å². The van der Waals surface area contributed by atoms with E-state index in [4.69, 9.17) is 0 Å². The molecule has 6 aromatic heterocycles. The van der Waals surface area contributed by atoms with Crippen molar-refractivity contribution in [2.24, 2.45) is 0 Å². The smallest absolute Gasteiger partial charge is 0.260 e. The number of hydrogen-bond acceptors (Lipinski definition) is 9. The van der Waals surface area contributed by atoms with Crippen LogP contribution < -0.4 is 16.4 Å². The summed E-state index contributed by atoms with van der Waals surface area (Å²) < 4.78 is 0. The van der Waals surface area contributed by atoms with Gasteiger partial charge in [-0.15, -0.1) is 47.5 Å². The number of nitrogens with one attached hydrogen (secondary N) is 3. The molecule has 0 amide bonds. The summed E-state index contributed by atoms with van der Waals surface area (Å²) in [5.74, 6) is 1.10. The largest absolute Gasteiger partial charge is 0.312 e. The van der Waals surface area contributed by atoms with Crippen molar-refractivity contribution in [3.05, 3.63) is 90.4 Å². The number of thiophene rings is 2. The van der Waals surface area contributed by atoms with Gasteiger partial charge in [0.05, 0.1) is 10.8 Å². The predicted octanol–water partition coefficient (Wildman–Crippen LogP) is 5.85. The summed E-state index contributed by atoms with van der Waals surface area (Å²) >= 11 is 3.28. The fourth-order valence-corrected chi connectivity index (χ4v) is 7.97. The quantitative estimate of drug-likeness (QED) is 0.200. The molecule has 0 bridgehead atoms. The molecule has 9 nitrogen and oxygen atoms in total. The van der Waals surface area contributed by atoms with E-state index in [0.717, 1.165) is 58.3 Å². The van der Waals surface area contributed by atoms with Gasteiger partial charge >= 0.3 is 0 Å². The first-order valence-corrected chi connectivity index (χ1v) is 15.4. The van der Waals surface area contributed by atoms with Crippen LogP contribution in [-0.4, -0.2) is 36.4 Å². The fraction of sp³-hybridized carbons (Fsp3) is 0.267. The van der Waals surface area contributed by atoms with Crippen LogP contribution in [0.2, 0.25) is 0 Å². The highest BCUT2D eigenvalue weighted by molar-refractivity contribution is 7.19. The molecule has 7 heterocycles. The average Bonchev–Trinajstić information content (AvgIpc) is 3.48. The summed E-state index contributed by atoms with van der Waals surface area (Å²) in [6, 6.07) is 11.2. The standard InChI is InChI=1S/C16H15N3OS.C14H12N4OS.2ClH/c20-15-13-10-6-2-1-3-8-12(10)21-16(13)19-14(18-15)11-7-4-5-9-17-11;19-13-11-8-4-6-15-7-10(8)20-14(11)18-12(17-13)9-3-1-2-5-16-9;;/h4-5,7,9H,1-3,6,8H2,(H,18,19,20);1-3,5,15H,4,6-7H2,(H,17,18,19);2*1H. The molecule has 13 heteroatoms. The van der Waals surface area contributed by atoms with Gasteiger partial charge < -0.3 is 15.3 Å². The molecule has 0 radical (unpaired) electrons. The van der Waals surface area contributed by atoms with Crippen molar-refractivity contribution >= 4 is 67.9 Å². The third kappa shape index (κ3) is 6.13. The molecular formula is C30H29Cl2N7O2S2. The normalized spacial score (nSPS) is 14.0. The highest BCUT2D eigenvalue weighted by Gasteiger charge is 2.21. The maximum Gasteiger partial charge on any atom is 0.260 e. The first-order chi connectivity index (χ1) is 20.2. The van der Waals surface area contributed by atoms with Crippen LogP contribution in [0, 0.1) is 0 Å². The van der Waals surface area contributed by atoms with E-state index in [-0.39, 0.29) is 35.9 Å². The van der Waals surface area contributed by atoms with Crippen molar-refractivity contribution in [2.75, 3.05) is 6.54 Å². The van der Waals surface area contributed by atoms with E-state index >= 15 is 0 Å². The van der Waals surface area contributed by atoms with Crippen LogP contribution >= 0.6 is 47.5 Å². The monoisotopic (exact) mass is 653 g/mol. The summed E-state index contributed by atoms with van der Waals surface area (Å²) in [6.45, 7) is 1.75. The topological polar surface area (TPSA) is 129 Å². The molecular weight excluding hydrogens is 625 g/mol. The Bertz CT molecular complexity index is 1990. The van der Waals surface area contributed by atoms with Crippen LogP contribution in [0.25, 0.3) is 43.5 Å². The molecule has 0 fully saturated rings. The van der Waals surface area contributed by atoms with Gasteiger partial charge in [-0.1, -0.05) is 18.6 Å². The van der Waals surface area contributed by atoms with Gasteiger partial charge in [0.2, 0.25) is 0 Å². The maximum atomic E-state index is 12.5. The van der Waals surface area contributed by atoms with E-state index in [0.29, 0.717) is 23.0 Å². The van der Waals surface area contributed by atoms with Gasteiger partial charge in [-0.05, 0) is 74.0 Å². The van der Waals surface area contributed by atoms with Crippen molar-refractivity contribution in [2.45, 2.75) is 45.1 Å². The molecule has 8 rings (SSSR count). The third-order valence-electron chi connectivity index (χ3n) is 7.47. The lowest BCUT2D eigenvalue weighted by atomic mass is 10.1. The molecule has 6 aromatic rings. The zero-order chi connectivity index (χ0) is 27.8. The molecule has 1 aliphatic carbocycles. The van der Waals surface area contributed by atoms with E-state index in [9.17, 15) is 9.59 Å². The number of H-pyrrole nitrogens is 2. The number of nitrogens with zero attached hydrogens (tertiary/aromatic N) is 4. The van der Waals surface area contributed by atoms with Crippen molar-refractivity contribution in [1.82, 2.24) is 35.2 Å². The number of rotatable bonds is 2. The van der Waals surface area contributed by atoms with Crippen LogP contribution in [0.1, 0.15) is 40.1 Å². The van der Waals surface area contributed by atoms with E-state index in [1.165, 1.54) is 34.6 Å². The zero-order valence-electron chi connectivity index (χ0n) is 23.0. The summed E-state index contributed by atoms with van der Waals surface area (Å²) in [6.07, 6.45) is 10.0. The van der Waals surface area contributed by atoms with Crippen LogP contribution in [-0.2, 0) is 25.8 Å². The number of aromatic nitrogens is 6. The lowest BCUT2D eigenvalue weighted by Crippen LogP contribution is -2.23. The van der Waals surface area contributed by atoms with E-state index in [1.807, 2.05) is 36.4 Å². The van der Waals surface area contributed by atoms with Crippen molar-refractivity contribution < 1.29 is 0 Å². The number of pyridine rings is 2. The number of halogens is 2. The fourth-order valence-electron chi connectivity index (χ4n) is 5.52. The highest BCUT2D eigenvalue weighted by Crippen LogP contribution is 2.33. The lowest BCUT2D eigenvalue weighted by molar-refractivity contribution is 0.657. The van der Waals surface area contributed by atoms with Crippen LogP contribution in [0.15, 0.2) is 58.4 Å². The van der Waals surface area contributed by atoms with Gasteiger partial charge in [0.15, 0.2) is 11.6 Å². The molecule has 0 atom stereocenters. The Morgan fingerprint density at radius 1 is 0.651 bits per heavy atom. The Balaban J connectivity index is 0.000000164. The van der Waals surface area contributed by atoms with E-state index in [2.05, 4.69) is 35.2 Å². The molecule has 0 aromatic carbocycles. The lowest BCUT2D eigenvalue weighted by Gasteiger charge is -2.11. The average molecular weight is 655 g/mol. The molecule has 222 valence electrons. The first-order valence-electron chi connectivity index (χ1n) is 13.8. The SMILES string of the molecule is Cl.Cl.O=c1[nH]c(-c2ccccn2)nc2sc3c(c12)CCCCC3.O=c1[nH]c(-c2ccccn2)nc2sc3c(c12)CCNC3. The molecule has 0 spiro atoms. The minimum absolute atomic E-state index is 0. The molecule has 0 saturated heterocycles. The number of hydrogen-bond donors (Lipinski definition) is 3. The second-order valence-electron chi connectivity index (χ2n) is 10.1. The Kier molecular flexibility index (Phi) is 9.68. The van der Waals surface area contributed by atoms with Crippen molar-refractivity contribution in [3.63, 3.8) is 0 Å². The van der Waals surface area contributed by atoms with Gasteiger partial charge in [0.25, 0.3) is 11.1 Å². The molecule has 0 unspecified atom stereocenters. The Morgan fingerprint density at radius 3 is 1.79 bits per heavy atom. The van der Waals surface area contributed by atoms with Crippen LogP contribution in [0.3, 0.4) is 0 Å². The van der Waals surface area contributed by atoms with Gasteiger partial charge in [-0.3, -0.25) is 19.6 Å². The zero-order valence-corrected chi connectivity index (χ0v) is 26.3. The third-order valence-corrected chi connectivity index (χ3v) is 9.78. The minimum atomic E-state index is -0.0601. The first kappa shape index (κ1) is 31.0. The second-order valence-corrected chi connectivity index (χ2v) is 12.3. The predicted molar refractivity (Wildman–Crippen MR) is 178 cm³/mol. The summed E-state index contributed by atoms with van der Waals surface area (Å²) in [7, 11) is 0. The van der Waals surface area contributed by atoms with Crippen molar-refractivity contribution in [3.8, 4) is 23.0 Å².